The van der Waals surface area contributed by atoms with E-state index in [1.54, 1.807) is 11.1 Å². The summed E-state index contributed by atoms with van der Waals surface area (Å²) >= 11 is 0. The zero-order chi connectivity index (χ0) is 21.8. The zero-order valence-electron chi connectivity index (χ0n) is 20.8. The van der Waals surface area contributed by atoms with Crippen LogP contribution in [-0.4, -0.2) is 21.6 Å². The van der Waals surface area contributed by atoms with E-state index >= 15 is 0 Å². The molecule has 30 heavy (non-hydrogen) atoms. The van der Waals surface area contributed by atoms with Crippen LogP contribution in [0.1, 0.15) is 117 Å². The fourth-order valence-corrected chi connectivity index (χ4v) is 12.8. The standard InChI is InChI=1S/C28H48P2/c1-27(2,3)29(25-17-9-7-10-18-25)21-23-15-13-14-16-24(23)22-30(28(4,5)6)26-19-11-8-12-20-26/h13-16,25-26H,7-12,17-22H2,1-6H3. The van der Waals surface area contributed by atoms with Gasteiger partial charge < -0.3 is 0 Å². The second kappa shape index (κ2) is 10.8. The summed E-state index contributed by atoms with van der Waals surface area (Å²) in [5.74, 6) is 0. The van der Waals surface area contributed by atoms with E-state index < -0.39 is 0 Å². The van der Waals surface area contributed by atoms with Crippen molar-refractivity contribution in [2.45, 2.75) is 140 Å². The van der Waals surface area contributed by atoms with Crippen LogP contribution in [0.25, 0.3) is 0 Å². The third-order valence-corrected chi connectivity index (χ3v) is 15.2. The molecule has 0 amide bonds. The number of hydrogen-bond acceptors (Lipinski definition) is 0. The number of hydrogen-bond donors (Lipinski definition) is 0. The first kappa shape index (κ1) is 24.7. The molecule has 0 saturated heterocycles. The minimum absolute atomic E-state index is 0.0273. The second-order valence-corrected chi connectivity index (χ2v) is 18.6. The quantitative estimate of drug-likeness (QED) is 0.381. The van der Waals surface area contributed by atoms with Crippen LogP contribution in [0.5, 0.6) is 0 Å². The molecule has 0 radical (unpaired) electrons. The van der Waals surface area contributed by atoms with Crippen molar-refractivity contribution in [1.82, 2.24) is 0 Å². The Labute approximate surface area is 190 Å². The molecule has 0 nitrogen and oxygen atoms in total. The van der Waals surface area contributed by atoms with Crippen LogP contribution in [0, 0.1) is 0 Å². The van der Waals surface area contributed by atoms with E-state index in [0.717, 1.165) is 11.3 Å². The van der Waals surface area contributed by atoms with Crippen LogP contribution in [0.15, 0.2) is 24.3 Å². The maximum Gasteiger partial charge on any atom is -0.00630 e. The molecule has 170 valence electrons. The van der Waals surface area contributed by atoms with Gasteiger partial charge in [0.25, 0.3) is 0 Å². The molecule has 0 spiro atoms. The van der Waals surface area contributed by atoms with Crippen molar-refractivity contribution in [3.05, 3.63) is 35.4 Å². The maximum absolute atomic E-state index is 2.53. The molecule has 0 heterocycles. The SMILES string of the molecule is CC(C)(C)P(Cc1ccccc1CP(C1CCCCC1)C(C)(C)C)C1CCCCC1. The predicted molar refractivity (Wildman–Crippen MR) is 141 cm³/mol. The minimum Gasteiger partial charge on any atom is -0.0935 e. The Morgan fingerprint density at radius 2 is 0.933 bits per heavy atom. The van der Waals surface area contributed by atoms with Gasteiger partial charge in [0, 0.05) is 0 Å². The van der Waals surface area contributed by atoms with Crippen LogP contribution in [0.4, 0.5) is 0 Å². The van der Waals surface area contributed by atoms with Crippen LogP contribution in [0.3, 0.4) is 0 Å². The normalized spacial score (nSPS) is 22.1. The Hall–Kier alpha value is 0.0800. The van der Waals surface area contributed by atoms with E-state index in [1.165, 1.54) is 76.5 Å². The molecule has 2 aliphatic rings. The lowest BCUT2D eigenvalue weighted by Gasteiger charge is -2.42. The first-order valence-electron chi connectivity index (χ1n) is 12.8. The summed E-state index contributed by atoms with van der Waals surface area (Å²) < 4.78 is 0. The summed E-state index contributed by atoms with van der Waals surface area (Å²) in [6.45, 7) is 15.2. The van der Waals surface area contributed by atoms with Crippen LogP contribution < -0.4 is 0 Å². The van der Waals surface area contributed by atoms with E-state index in [0.29, 0.717) is 10.3 Å². The van der Waals surface area contributed by atoms with Gasteiger partial charge in [0.1, 0.15) is 0 Å². The molecule has 1 aromatic rings. The summed E-state index contributed by atoms with van der Waals surface area (Å²) in [5.41, 5.74) is 5.39. The Balaban J connectivity index is 1.83. The van der Waals surface area contributed by atoms with Crippen LogP contribution in [-0.2, 0) is 12.3 Å². The van der Waals surface area contributed by atoms with Crippen LogP contribution in [0.2, 0.25) is 0 Å². The van der Waals surface area contributed by atoms with Gasteiger partial charge >= 0.3 is 0 Å². The number of benzene rings is 1. The molecule has 2 unspecified atom stereocenters. The van der Waals surface area contributed by atoms with E-state index in [9.17, 15) is 0 Å². The highest BCUT2D eigenvalue weighted by Gasteiger charge is 2.35. The van der Waals surface area contributed by atoms with E-state index in [4.69, 9.17) is 0 Å². The fraction of sp³-hybridized carbons (Fsp3) is 0.786. The Morgan fingerprint density at radius 1 is 0.600 bits per heavy atom. The van der Waals surface area contributed by atoms with Gasteiger partial charge in [-0.25, -0.2) is 0 Å². The average molecular weight is 447 g/mol. The summed E-state index contributed by atoms with van der Waals surface area (Å²) in [6.07, 6.45) is 17.5. The van der Waals surface area contributed by atoms with Crippen molar-refractivity contribution in [2.24, 2.45) is 0 Å². The molecule has 0 aliphatic heterocycles. The topological polar surface area (TPSA) is 0 Å². The summed E-state index contributed by atoms with van der Waals surface area (Å²) in [7, 11) is 0.0545. The smallest absolute Gasteiger partial charge is 0.00630 e. The van der Waals surface area contributed by atoms with E-state index in [1.807, 2.05) is 0 Å². The summed E-state index contributed by atoms with van der Waals surface area (Å²) in [6, 6.07) is 9.62. The van der Waals surface area contributed by atoms with Gasteiger partial charge in [-0.3, -0.25) is 0 Å². The molecule has 0 N–H and O–H groups in total. The lowest BCUT2D eigenvalue weighted by molar-refractivity contribution is 0.504. The van der Waals surface area contributed by atoms with Crippen molar-refractivity contribution in [3.63, 3.8) is 0 Å². The molecule has 1 aromatic carbocycles. The molecule has 0 aromatic heterocycles. The van der Waals surface area contributed by atoms with Crippen molar-refractivity contribution >= 4 is 15.8 Å². The molecule has 2 aliphatic carbocycles. The molecule has 2 saturated carbocycles. The van der Waals surface area contributed by atoms with E-state index in [2.05, 4.69) is 65.8 Å². The maximum atomic E-state index is 2.53. The van der Waals surface area contributed by atoms with Crippen molar-refractivity contribution in [2.75, 3.05) is 0 Å². The zero-order valence-corrected chi connectivity index (χ0v) is 22.6. The van der Waals surface area contributed by atoms with E-state index in [-0.39, 0.29) is 15.8 Å². The highest BCUT2D eigenvalue weighted by molar-refractivity contribution is 7.59. The lowest BCUT2D eigenvalue weighted by Crippen LogP contribution is -2.25. The van der Waals surface area contributed by atoms with Crippen LogP contribution >= 0.6 is 15.8 Å². The summed E-state index contributed by atoms with van der Waals surface area (Å²) in [5, 5.41) is 0.922. The Kier molecular flexibility index (Phi) is 8.90. The highest BCUT2D eigenvalue weighted by Crippen LogP contribution is 2.62. The Bertz CT molecular complexity index is 582. The molecule has 2 fully saturated rings. The molecule has 0 bridgehead atoms. The van der Waals surface area contributed by atoms with Gasteiger partial charge in [-0.15, -0.1) is 0 Å². The highest BCUT2D eigenvalue weighted by atomic mass is 31.1. The lowest BCUT2D eigenvalue weighted by atomic mass is 10.0. The van der Waals surface area contributed by atoms with Gasteiger partial charge in [-0.1, -0.05) is 120 Å². The number of rotatable bonds is 6. The molecular formula is C28H48P2. The second-order valence-electron chi connectivity index (χ2n) is 11.9. The van der Waals surface area contributed by atoms with Gasteiger partial charge in [0.2, 0.25) is 0 Å². The van der Waals surface area contributed by atoms with Gasteiger partial charge in [0.15, 0.2) is 0 Å². The van der Waals surface area contributed by atoms with Crippen molar-refractivity contribution < 1.29 is 0 Å². The first-order chi connectivity index (χ1) is 14.2. The fourth-order valence-electron chi connectivity index (χ4n) is 5.85. The van der Waals surface area contributed by atoms with Gasteiger partial charge in [-0.05, 0) is 70.8 Å². The monoisotopic (exact) mass is 446 g/mol. The molecule has 2 atom stereocenters. The molecule has 3 rings (SSSR count). The Morgan fingerprint density at radius 3 is 1.23 bits per heavy atom. The summed E-state index contributed by atoms with van der Waals surface area (Å²) in [4.78, 5) is 0. The van der Waals surface area contributed by atoms with Crippen molar-refractivity contribution in [1.29, 1.82) is 0 Å². The van der Waals surface area contributed by atoms with Gasteiger partial charge in [-0.2, -0.15) is 0 Å². The van der Waals surface area contributed by atoms with Crippen molar-refractivity contribution in [3.8, 4) is 0 Å². The van der Waals surface area contributed by atoms with Gasteiger partial charge in [0.05, 0.1) is 0 Å². The predicted octanol–water partition coefficient (Wildman–Crippen LogP) is 9.91. The average Bonchev–Trinajstić information content (AvgIpc) is 2.70. The minimum atomic E-state index is 0.0273. The third-order valence-electron chi connectivity index (χ3n) is 7.55. The first-order valence-corrected chi connectivity index (χ1v) is 16.0. The largest absolute Gasteiger partial charge is 0.0935 e. The third kappa shape index (κ3) is 6.79. The molecular weight excluding hydrogens is 398 g/mol. The molecule has 2 heteroatoms.